The molecule has 5 heteroatoms. The maximum atomic E-state index is 12.9. The molecule has 238 valence electrons. The van der Waals surface area contributed by atoms with E-state index in [1.807, 2.05) is 6.07 Å². The van der Waals surface area contributed by atoms with Crippen LogP contribution in [-0.4, -0.2) is 46.8 Å². The van der Waals surface area contributed by atoms with Gasteiger partial charge in [0.05, 0.1) is 11.0 Å². The molecule has 1 unspecified atom stereocenters. The van der Waals surface area contributed by atoms with Gasteiger partial charge in [0.1, 0.15) is 6.10 Å². The molecular formula is C39H53NO4. The van der Waals surface area contributed by atoms with Crippen LogP contribution in [0.5, 0.6) is 11.5 Å². The van der Waals surface area contributed by atoms with Crippen molar-refractivity contribution in [2.24, 2.45) is 5.92 Å². The minimum absolute atomic E-state index is 0.110. The fraction of sp³-hybridized carbons (Fsp3) is 0.615. The van der Waals surface area contributed by atoms with E-state index >= 15 is 0 Å². The molecule has 2 saturated carbocycles. The van der Waals surface area contributed by atoms with Gasteiger partial charge in [-0.1, -0.05) is 75.3 Å². The van der Waals surface area contributed by atoms with Gasteiger partial charge in [-0.15, -0.1) is 0 Å². The number of likely N-dealkylation sites (tertiary alicyclic amines) is 1. The summed E-state index contributed by atoms with van der Waals surface area (Å²) in [6, 6.07) is 4.18. The van der Waals surface area contributed by atoms with Crippen LogP contribution in [0.2, 0.25) is 0 Å². The Balaban J connectivity index is 0.990. The zero-order chi connectivity index (χ0) is 30.6. The summed E-state index contributed by atoms with van der Waals surface area (Å²) >= 11 is 0. The number of carbonyl (C=O) groups excluding carboxylic acids is 1. The third-order valence-electron chi connectivity index (χ3n) is 11.0. The predicted octanol–water partition coefficient (Wildman–Crippen LogP) is 8.30. The maximum Gasteiger partial charge on any atom is 0.311 e. The number of nitrogens with zero attached hydrogens (tertiary/aromatic N) is 1. The van der Waals surface area contributed by atoms with Crippen LogP contribution in [0.25, 0.3) is 0 Å². The third-order valence-corrected chi connectivity index (χ3v) is 11.0. The van der Waals surface area contributed by atoms with Crippen molar-refractivity contribution in [3.63, 3.8) is 0 Å². The number of piperidine rings is 1. The van der Waals surface area contributed by atoms with Crippen molar-refractivity contribution in [1.82, 2.24) is 4.90 Å². The Morgan fingerprint density at radius 3 is 2.59 bits per heavy atom. The Bertz CT molecular complexity index is 1290. The van der Waals surface area contributed by atoms with E-state index in [9.17, 15) is 9.90 Å². The lowest BCUT2D eigenvalue weighted by molar-refractivity contribution is -0.174. The second-order valence-electron chi connectivity index (χ2n) is 14.0. The molecule has 1 N–H and O–H groups in total. The zero-order valence-corrected chi connectivity index (χ0v) is 26.9. The number of hydrogen-bond donors (Lipinski definition) is 1. The van der Waals surface area contributed by atoms with Gasteiger partial charge >= 0.3 is 5.97 Å². The normalized spacial score (nSPS) is 29.1. The van der Waals surface area contributed by atoms with Crippen LogP contribution < -0.4 is 9.47 Å². The van der Waals surface area contributed by atoms with Crippen molar-refractivity contribution in [3.05, 3.63) is 71.9 Å². The van der Waals surface area contributed by atoms with E-state index in [1.165, 1.54) is 31.2 Å². The maximum absolute atomic E-state index is 12.9. The summed E-state index contributed by atoms with van der Waals surface area (Å²) in [6.07, 6.45) is 29.1. The second kappa shape index (κ2) is 13.8. The number of aliphatic hydroxyl groups is 1. The van der Waals surface area contributed by atoms with Crippen molar-refractivity contribution >= 4 is 5.97 Å². The fourth-order valence-corrected chi connectivity index (χ4v) is 8.52. The third kappa shape index (κ3) is 6.11. The summed E-state index contributed by atoms with van der Waals surface area (Å²) < 4.78 is 12.7. The van der Waals surface area contributed by atoms with E-state index < -0.39 is 11.0 Å². The lowest BCUT2D eigenvalue weighted by Crippen LogP contribution is -2.75. The van der Waals surface area contributed by atoms with Crippen LogP contribution in [0.4, 0.5) is 0 Å². The van der Waals surface area contributed by atoms with Gasteiger partial charge in [-0.05, 0) is 107 Å². The highest BCUT2D eigenvalue weighted by Gasteiger charge is 2.72. The summed E-state index contributed by atoms with van der Waals surface area (Å²) in [5, 5.41) is 12.5. The average Bonchev–Trinajstić information content (AvgIpc) is 3.76. The van der Waals surface area contributed by atoms with Crippen LogP contribution >= 0.6 is 0 Å². The van der Waals surface area contributed by atoms with E-state index in [-0.39, 0.29) is 18.1 Å². The van der Waals surface area contributed by atoms with E-state index in [0.29, 0.717) is 17.9 Å². The number of carbonyl (C=O) groups is 1. The molecule has 0 amide bonds. The molecule has 3 aliphatic carbocycles. The average molecular weight is 600 g/mol. The van der Waals surface area contributed by atoms with Gasteiger partial charge in [0, 0.05) is 24.6 Å². The van der Waals surface area contributed by atoms with Crippen molar-refractivity contribution in [2.75, 3.05) is 13.1 Å². The number of ether oxygens (including phenoxy) is 2. The summed E-state index contributed by atoms with van der Waals surface area (Å²) in [5.74, 6) is 1.80. The number of allylic oxidation sites excluding steroid dienone is 6. The largest absolute Gasteiger partial charge is 0.481 e. The van der Waals surface area contributed by atoms with Crippen molar-refractivity contribution in [2.45, 2.75) is 133 Å². The van der Waals surface area contributed by atoms with Gasteiger partial charge in [-0.2, -0.15) is 0 Å². The molecule has 6 rings (SSSR count). The Kier molecular flexibility index (Phi) is 9.83. The van der Waals surface area contributed by atoms with E-state index in [1.54, 1.807) is 0 Å². The van der Waals surface area contributed by atoms with Gasteiger partial charge in [-0.3, -0.25) is 9.69 Å². The van der Waals surface area contributed by atoms with E-state index in [2.05, 4.69) is 60.9 Å². The number of unbranched alkanes of at least 4 members (excludes halogenated alkanes) is 5. The second-order valence-corrected chi connectivity index (χ2v) is 14.0. The molecule has 3 fully saturated rings. The molecule has 5 aliphatic rings. The van der Waals surface area contributed by atoms with E-state index in [0.717, 1.165) is 101 Å². The van der Waals surface area contributed by atoms with Crippen molar-refractivity contribution in [3.8, 4) is 11.5 Å². The lowest BCUT2D eigenvalue weighted by atomic mass is 9.48. The fourth-order valence-electron chi connectivity index (χ4n) is 8.52. The molecule has 4 atom stereocenters. The standard InChI is InChI=1S/C39H53NO4/c1-3-4-5-6-7-8-9-10-11-12-13-14-15-16-17-18-34(41)43-32-22-21-31-27-33-39(42)24-23-29(2)37-38(39,35(31)36(32)44-37)25-26-40(33)28-30-19-20-30/h4-5,7-8,10-11,21-22,30,33,37,42H,2-3,6,9,12-20,23-28H2,1H3/b5-4-,8-7-,11-10-/t33?,37-,38-,39+/m0/s1. The minimum Gasteiger partial charge on any atom is -0.481 e. The Hall–Kier alpha value is -2.63. The molecule has 5 nitrogen and oxygen atoms in total. The van der Waals surface area contributed by atoms with Crippen LogP contribution in [0, 0.1) is 5.92 Å². The summed E-state index contributed by atoms with van der Waals surface area (Å²) in [6.45, 7) is 8.64. The molecule has 2 heterocycles. The van der Waals surface area contributed by atoms with Crippen LogP contribution in [-0.2, 0) is 16.6 Å². The van der Waals surface area contributed by atoms with Gasteiger partial charge in [0.25, 0.3) is 0 Å². The molecule has 1 saturated heterocycles. The van der Waals surface area contributed by atoms with E-state index in [4.69, 9.17) is 9.47 Å². The highest BCUT2D eigenvalue weighted by Crippen LogP contribution is 2.66. The number of hydrogen-bond acceptors (Lipinski definition) is 5. The molecule has 2 aliphatic heterocycles. The highest BCUT2D eigenvalue weighted by molar-refractivity contribution is 5.75. The molecule has 1 aromatic rings. The summed E-state index contributed by atoms with van der Waals surface area (Å²) in [5.41, 5.74) is 2.08. The smallest absolute Gasteiger partial charge is 0.311 e. The zero-order valence-electron chi connectivity index (χ0n) is 26.9. The SMILES string of the molecule is C=C1CC[C@@]2(O)C3Cc4ccc(OC(=O)CCCCCCC/C=C\C/C=C\C/C=C\CC)c5c4[C@@]2(CCN3CC2CC2)[C@H]1O5. The molecular weight excluding hydrogens is 546 g/mol. The topological polar surface area (TPSA) is 59.0 Å². The molecule has 44 heavy (non-hydrogen) atoms. The molecule has 1 aromatic carbocycles. The number of rotatable bonds is 16. The number of benzene rings is 1. The van der Waals surface area contributed by atoms with Crippen molar-refractivity contribution < 1.29 is 19.4 Å². The van der Waals surface area contributed by atoms with Gasteiger partial charge < -0.3 is 14.6 Å². The Morgan fingerprint density at radius 1 is 1.05 bits per heavy atom. The first-order chi connectivity index (χ1) is 21.5. The van der Waals surface area contributed by atoms with Gasteiger partial charge in [0.15, 0.2) is 11.5 Å². The lowest BCUT2D eigenvalue weighted by Gasteiger charge is -2.63. The van der Waals surface area contributed by atoms with Crippen LogP contribution in [0.3, 0.4) is 0 Å². The van der Waals surface area contributed by atoms with Gasteiger partial charge in [0.2, 0.25) is 0 Å². The molecule has 1 spiro atoms. The molecule has 0 radical (unpaired) electrons. The molecule has 2 bridgehead atoms. The van der Waals surface area contributed by atoms with Gasteiger partial charge in [-0.25, -0.2) is 0 Å². The first kappa shape index (κ1) is 31.4. The van der Waals surface area contributed by atoms with Crippen LogP contribution in [0.1, 0.15) is 114 Å². The molecule has 0 aromatic heterocycles. The predicted molar refractivity (Wildman–Crippen MR) is 177 cm³/mol. The summed E-state index contributed by atoms with van der Waals surface area (Å²) in [7, 11) is 0. The van der Waals surface area contributed by atoms with Crippen molar-refractivity contribution in [1.29, 1.82) is 0 Å². The Labute approximate surface area is 265 Å². The highest BCUT2D eigenvalue weighted by atomic mass is 16.6. The minimum atomic E-state index is -0.842. The Morgan fingerprint density at radius 2 is 1.80 bits per heavy atom. The number of esters is 1. The quantitative estimate of drug-likeness (QED) is 0.0896. The first-order valence-electron chi connectivity index (χ1n) is 17.6. The first-order valence-corrected chi connectivity index (χ1v) is 17.6. The summed E-state index contributed by atoms with van der Waals surface area (Å²) in [4.78, 5) is 15.5. The van der Waals surface area contributed by atoms with Crippen LogP contribution in [0.15, 0.2) is 60.7 Å². The monoisotopic (exact) mass is 599 g/mol.